The summed E-state index contributed by atoms with van der Waals surface area (Å²) in [7, 11) is 1.35. The Kier molecular flexibility index (Phi) is 5.93. The van der Waals surface area contributed by atoms with Crippen LogP contribution >= 0.6 is 0 Å². The lowest BCUT2D eigenvalue weighted by Crippen LogP contribution is -2.26. The summed E-state index contributed by atoms with van der Waals surface area (Å²) in [6.45, 7) is 1.39. The minimum absolute atomic E-state index is 0.287. The summed E-state index contributed by atoms with van der Waals surface area (Å²) in [4.78, 5) is 11.9. The van der Waals surface area contributed by atoms with Crippen molar-refractivity contribution in [2.75, 3.05) is 20.3 Å². The molecule has 0 aliphatic carbocycles. The third kappa shape index (κ3) is 4.61. The van der Waals surface area contributed by atoms with Crippen LogP contribution in [0.2, 0.25) is 0 Å². The molecule has 0 aromatic heterocycles. The first-order valence-electron chi connectivity index (χ1n) is 8.54. The fourth-order valence-corrected chi connectivity index (χ4v) is 2.86. The van der Waals surface area contributed by atoms with E-state index in [1.54, 1.807) is 18.2 Å². The molecule has 2 atom stereocenters. The fraction of sp³-hybridized carbons (Fsp3) is 0.611. The monoisotopic (exact) mass is 336 g/mol. The van der Waals surface area contributed by atoms with Gasteiger partial charge in [0, 0.05) is 18.9 Å². The zero-order chi connectivity index (χ0) is 16.8. The number of benzene rings is 1. The minimum Gasteiger partial charge on any atom is -0.465 e. The molecule has 0 N–H and O–H groups in total. The molecule has 132 valence electrons. The second-order valence-corrected chi connectivity index (χ2v) is 6.01. The van der Waals surface area contributed by atoms with E-state index < -0.39 is 5.97 Å². The van der Waals surface area contributed by atoms with Gasteiger partial charge in [-0.25, -0.2) is 4.79 Å². The van der Waals surface area contributed by atoms with Gasteiger partial charge < -0.3 is 23.7 Å². The molecule has 0 saturated carbocycles. The second kappa shape index (κ2) is 8.35. The van der Waals surface area contributed by atoms with Crippen LogP contribution in [0.25, 0.3) is 0 Å². The van der Waals surface area contributed by atoms with Crippen LogP contribution < -0.4 is 9.47 Å². The smallest absolute Gasteiger partial charge is 0.338 e. The minimum atomic E-state index is -0.431. The van der Waals surface area contributed by atoms with E-state index in [1.807, 2.05) is 0 Å². The summed E-state index contributed by atoms with van der Waals surface area (Å²) >= 11 is 0. The summed E-state index contributed by atoms with van der Waals surface area (Å²) in [5.41, 5.74) is 0.386. The summed E-state index contributed by atoms with van der Waals surface area (Å²) in [6, 6.07) is 5.07. The van der Waals surface area contributed by atoms with Gasteiger partial charge in [-0.3, -0.25) is 0 Å². The molecule has 1 aromatic rings. The predicted octanol–water partition coefficient (Wildman–Crippen LogP) is 3.28. The van der Waals surface area contributed by atoms with Gasteiger partial charge in [-0.15, -0.1) is 0 Å². The van der Waals surface area contributed by atoms with Gasteiger partial charge in [0.05, 0.1) is 25.9 Å². The van der Waals surface area contributed by atoms with Crippen molar-refractivity contribution in [3.05, 3.63) is 23.8 Å². The van der Waals surface area contributed by atoms with Crippen LogP contribution in [0.1, 0.15) is 48.9 Å². The maximum Gasteiger partial charge on any atom is 0.338 e. The van der Waals surface area contributed by atoms with Gasteiger partial charge in [0.1, 0.15) is 11.5 Å². The lowest BCUT2D eigenvalue weighted by atomic mass is 10.2. The van der Waals surface area contributed by atoms with Crippen LogP contribution in [0.3, 0.4) is 0 Å². The third-order valence-corrected chi connectivity index (χ3v) is 4.11. The highest BCUT2D eigenvalue weighted by Gasteiger charge is 2.20. The molecule has 24 heavy (non-hydrogen) atoms. The largest absolute Gasteiger partial charge is 0.465 e. The first-order valence-corrected chi connectivity index (χ1v) is 8.54. The lowest BCUT2D eigenvalue weighted by molar-refractivity contribution is -0.109. The Labute approximate surface area is 142 Å². The van der Waals surface area contributed by atoms with Crippen LogP contribution in [0.4, 0.5) is 0 Å². The van der Waals surface area contributed by atoms with Crippen molar-refractivity contribution < 1.29 is 28.5 Å². The summed E-state index contributed by atoms with van der Waals surface area (Å²) in [5, 5.41) is 0. The van der Waals surface area contributed by atoms with Crippen LogP contribution in [0.5, 0.6) is 11.5 Å². The summed E-state index contributed by atoms with van der Waals surface area (Å²) in [6.07, 6.45) is 5.34. The van der Waals surface area contributed by atoms with E-state index in [1.165, 1.54) is 7.11 Å². The topological polar surface area (TPSA) is 63.2 Å². The van der Waals surface area contributed by atoms with Crippen molar-refractivity contribution in [3.63, 3.8) is 0 Å². The number of esters is 1. The van der Waals surface area contributed by atoms with Gasteiger partial charge in [-0.2, -0.15) is 0 Å². The van der Waals surface area contributed by atoms with Crippen molar-refractivity contribution in [3.8, 4) is 11.5 Å². The fourth-order valence-electron chi connectivity index (χ4n) is 2.86. The van der Waals surface area contributed by atoms with Crippen LogP contribution in [-0.4, -0.2) is 38.9 Å². The molecule has 3 rings (SSSR count). The summed E-state index contributed by atoms with van der Waals surface area (Å²) < 4.78 is 27.7. The molecular weight excluding hydrogens is 312 g/mol. The highest BCUT2D eigenvalue weighted by molar-refractivity contribution is 5.90. The molecule has 0 amide bonds. The number of methoxy groups -OCH3 is 1. The maximum absolute atomic E-state index is 11.9. The van der Waals surface area contributed by atoms with Crippen LogP contribution in [0, 0.1) is 0 Å². The maximum atomic E-state index is 11.9. The van der Waals surface area contributed by atoms with Crippen LogP contribution in [0.15, 0.2) is 18.2 Å². The Bertz CT molecular complexity index is 508. The predicted molar refractivity (Wildman–Crippen MR) is 86.2 cm³/mol. The average Bonchev–Trinajstić information content (AvgIpc) is 2.62. The highest BCUT2D eigenvalue weighted by atomic mass is 16.7. The molecular formula is C18H24O6. The molecule has 2 fully saturated rings. The number of hydrogen-bond acceptors (Lipinski definition) is 6. The van der Waals surface area contributed by atoms with E-state index in [-0.39, 0.29) is 12.6 Å². The molecule has 2 heterocycles. The molecule has 2 saturated heterocycles. The number of ether oxygens (including phenoxy) is 5. The Balaban J connectivity index is 1.75. The van der Waals surface area contributed by atoms with Crippen molar-refractivity contribution >= 4 is 5.97 Å². The van der Waals surface area contributed by atoms with E-state index in [4.69, 9.17) is 23.7 Å². The highest BCUT2D eigenvalue weighted by Crippen LogP contribution is 2.28. The molecule has 0 spiro atoms. The van der Waals surface area contributed by atoms with E-state index in [0.29, 0.717) is 30.3 Å². The quantitative estimate of drug-likeness (QED) is 0.769. The molecule has 0 radical (unpaired) electrons. The number of hydrogen-bond donors (Lipinski definition) is 0. The molecule has 6 heteroatoms. The standard InChI is InChI=1S/C18H24O6/c1-20-18(19)13-10-14(23-16-6-2-4-8-21-16)12-15(11-13)24-17-7-3-5-9-22-17/h10-12,16-17H,2-9H2,1H3/t16-,17-/m1/s1. The van der Waals surface area contributed by atoms with Crippen molar-refractivity contribution in [1.29, 1.82) is 0 Å². The average molecular weight is 336 g/mol. The molecule has 2 aliphatic rings. The van der Waals surface area contributed by atoms with Crippen molar-refractivity contribution in [2.45, 2.75) is 51.1 Å². The zero-order valence-electron chi connectivity index (χ0n) is 14.0. The number of carbonyl (C=O) groups excluding carboxylic acids is 1. The molecule has 1 aromatic carbocycles. The van der Waals surface area contributed by atoms with Gasteiger partial charge >= 0.3 is 5.97 Å². The third-order valence-electron chi connectivity index (χ3n) is 4.11. The van der Waals surface area contributed by atoms with Gasteiger partial charge in [0.25, 0.3) is 0 Å². The lowest BCUT2D eigenvalue weighted by Gasteiger charge is -2.25. The first kappa shape index (κ1) is 17.0. The molecule has 2 aliphatic heterocycles. The van der Waals surface area contributed by atoms with E-state index in [9.17, 15) is 4.79 Å². The SMILES string of the molecule is COC(=O)c1cc(O[C@@H]2CCCCO2)cc(O[C@@H]2CCCCO2)c1. The van der Waals surface area contributed by atoms with Gasteiger partial charge in [-0.05, 0) is 37.8 Å². The zero-order valence-corrected chi connectivity index (χ0v) is 14.0. The van der Waals surface area contributed by atoms with Crippen molar-refractivity contribution in [2.24, 2.45) is 0 Å². The molecule has 0 bridgehead atoms. The van der Waals surface area contributed by atoms with Gasteiger partial charge in [0.2, 0.25) is 0 Å². The Morgan fingerprint density at radius 1 is 0.917 bits per heavy atom. The molecule has 6 nitrogen and oxygen atoms in total. The number of carbonyl (C=O) groups is 1. The van der Waals surface area contributed by atoms with E-state index in [2.05, 4.69) is 0 Å². The Morgan fingerprint density at radius 3 is 1.88 bits per heavy atom. The normalized spacial score (nSPS) is 24.2. The molecule has 0 unspecified atom stereocenters. The van der Waals surface area contributed by atoms with Crippen LogP contribution in [-0.2, 0) is 14.2 Å². The van der Waals surface area contributed by atoms with E-state index in [0.717, 1.165) is 38.5 Å². The summed E-state index contributed by atoms with van der Waals surface area (Å²) in [5.74, 6) is 0.644. The van der Waals surface area contributed by atoms with Gasteiger partial charge in [-0.1, -0.05) is 0 Å². The van der Waals surface area contributed by atoms with E-state index >= 15 is 0 Å². The van der Waals surface area contributed by atoms with Gasteiger partial charge in [0.15, 0.2) is 12.6 Å². The van der Waals surface area contributed by atoms with Crippen molar-refractivity contribution in [1.82, 2.24) is 0 Å². The Hall–Kier alpha value is -1.79. The Morgan fingerprint density at radius 2 is 1.46 bits per heavy atom. The number of rotatable bonds is 5. The second-order valence-electron chi connectivity index (χ2n) is 6.01. The first-order chi connectivity index (χ1) is 11.7.